The van der Waals surface area contributed by atoms with E-state index in [0.717, 1.165) is 6.42 Å². The largest absolute Gasteiger partial charge is 0.504 e. The van der Waals surface area contributed by atoms with Crippen LogP contribution in [0, 0.1) is 18.3 Å². The fourth-order valence-corrected chi connectivity index (χ4v) is 1.99. The van der Waals surface area contributed by atoms with Crippen LogP contribution in [0.2, 0.25) is 0 Å². The molecule has 5 nitrogen and oxygen atoms in total. The first-order chi connectivity index (χ1) is 11.0. The average molecular weight is 311 g/mol. The summed E-state index contributed by atoms with van der Waals surface area (Å²) in [5.74, 6) is -0.448. The van der Waals surface area contributed by atoms with Crippen LogP contribution >= 0.6 is 0 Å². The van der Waals surface area contributed by atoms with E-state index in [0.29, 0.717) is 23.4 Å². The lowest BCUT2D eigenvalue weighted by Gasteiger charge is -2.11. The van der Waals surface area contributed by atoms with Crippen LogP contribution in [-0.4, -0.2) is 22.5 Å². The van der Waals surface area contributed by atoms with Crippen LogP contribution in [0.3, 0.4) is 0 Å². The lowest BCUT2D eigenvalue weighted by Crippen LogP contribution is -2.10. The molecule has 1 heterocycles. The van der Waals surface area contributed by atoms with Crippen LogP contribution < -0.4 is 5.73 Å². The van der Waals surface area contributed by atoms with E-state index in [2.05, 4.69) is 17.6 Å². The summed E-state index contributed by atoms with van der Waals surface area (Å²) < 4.78 is 0. The third-order valence-corrected chi connectivity index (χ3v) is 3.08. The summed E-state index contributed by atoms with van der Waals surface area (Å²) in [7, 11) is 0. The number of nitriles is 1. The van der Waals surface area contributed by atoms with Crippen molar-refractivity contribution < 1.29 is 10.2 Å². The monoisotopic (exact) mass is 311 g/mol. The topological polar surface area (TPSA) is 103 Å². The van der Waals surface area contributed by atoms with E-state index in [9.17, 15) is 15.5 Å². The van der Waals surface area contributed by atoms with Gasteiger partial charge in [-0.3, -0.25) is 4.99 Å². The zero-order chi connectivity index (χ0) is 17.4. The first kappa shape index (κ1) is 18.1. The zero-order valence-electron chi connectivity index (χ0n) is 13.4. The second kappa shape index (κ2) is 8.44. The molecule has 0 saturated heterocycles. The SMILES string of the molecule is C=CC.Cc1cc(/C(N)=C(\C#N)C2=NCCC=C2)cc(O)c1O. The molecule has 1 aromatic rings. The quantitative estimate of drug-likeness (QED) is 0.443. The molecule has 0 amide bonds. The van der Waals surface area contributed by atoms with Gasteiger partial charge in [-0.1, -0.05) is 12.2 Å². The lowest BCUT2D eigenvalue weighted by molar-refractivity contribution is 0.401. The molecule has 0 fully saturated rings. The Kier molecular flexibility index (Phi) is 6.63. The second-order valence-corrected chi connectivity index (χ2v) is 4.93. The highest BCUT2D eigenvalue weighted by Crippen LogP contribution is 2.32. The van der Waals surface area contributed by atoms with E-state index in [-0.39, 0.29) is 22.8 Å². The Morgan fingerprint density at radius 1 is 1.43 bits per heavy atom. The van der Waals surface area contributed by atoms with Gasteiger partial charge in [-0.2, -0.15) is 5.26 Å². The van der Waals surface area contributed by atoms with Gasteiger partial charge in [0.05, 0.1) is 11.4 Å². The molecule has 0 atom stereocenters. The van der Waals surface area contributed by atoms with Gasteiger partial charge >= 0.3 is 0 Å². The molecule has 1 aliphatic rings. The zero-order valence-corrected chi connectivity index (χ0v) is 13.4. The molecule has 2 rings (SSSR count). The van der Waals surface area contributed by atoms with Gasteiger partial charge in [-0.25, -0.2) is 0 Å². The normalized spacial score (nSPS) is 13.9. The van der Waals surface area contributed by atoms with Gasteiger partial charge < -0.3 is 15.9 Å². The van der Waals surface area contributed by atoms with Crippen molar-refractivity contribution in [3.63, 3.8) is 0 Å². The summed E-state index contributed by atoms with van der Waals surface area (Å²) in [5, 5.41) is 28.5. The first-order valence-electron chi connectivity index (χ1n) is 7.17. The minimum Gasteiger partial charge on any atom is -0.504 e. The summed E-state index contributed by atoms with van der Waals surface area (Å²) in [4.78, 5) is 4.27. The highest BCUT2D eigenvalue weighted by molar-refractivity contribution is 6.15. The molecule has 4 N–H and O–H groups in total. The van der Waals surface area contributed by atoms with Crippen LogP contribution in [0.15, 0.2) is 47.5 Å². The van der Waals surface area contributed by atoms with E-state index in [1.807, 2.05) is 13.0 Å². The maximum atomic E-state index is 9.64. The molecule has 120 valence electrons. The predicted molar refractivity (Wildman–Crippen MR) is 93.2 cm³/mol. The number of aliphatic imine (C=N–C) groups is 1. The van der Waals surface area contributed by atoms with Gasteiger partial charge in [0.1, 0.15) is 11.6 Å². The molecule has 5 heteroatoms. The number of dihydropyridines is 1. The van der Waals surface area contributed by atoms with Crippen molar-refractivity contribution in [1.82, 2.24) is 0 Å². The summed E-state index contributed by atoms with van der Waals surface area (Å²) in [6.07, 6.45) is 6.30. The van der Waals surface area contributed by atoms with Gasteiger partial charge in [0.25, 0.3) is 0 Å². The maximum absolute atomic E-state index is 9.64. The van der Waals surface area contributed by atoms with Crippen molar-refractivity contribution in [1.29, 1.82) is 5.26 Å². The van der Waals surface area contributed by atoms with E-state index < -0.39 is 0 Å². The highest BCUT2D eigenvalue weighted by atomic mass is 16.3. The number of rotatable bonds is 2. The Bertz CT molecular complexity index is 699. The molecule has 1 aliphatic heterocycles. The summed E-state index contributed by atoms with van der Waals surface area (Å²) in [6.45, 7) is 7.53. The second-order valence-electron chi connectivity index (χ2n) is 4.93. The molecular formula is C18H21N3O2. The predicted octanol–water partition coefficient (Wildman–Crippen LogP) is 3.19. The van der Waals surface area contributed by atoms with Crippen molar-refractivity contribution in [2.75, 3.05) is 6.54 Å². The number of aryl methyl sites for hydroxylation is 1. The number of allylic oxidation sites excluding steroid dienone is 3. The number of phenols is 2. The standard InChI is InChI=1S/C15H15N3O2.C3H6/c1-9-6-10(7-13(19)15(9)20)14(17)11(8-16)12-4-2-3-5-18-12;1-3-2/h2,4,6-7,19-20H,3,5,17H2,1H3;3H,1H2,2H3/b14-11-;. The number of hydrogen-bond acceptors (Lipinski definition) is 5. The van der Waals surface area contributed by atoms with E-state index >= 15 is 0 Å². The molecule has 0 aromatic heterocycles. The van der Waals surface area contributed by atoms with E-state index in [1.165, 1.54) is 6.07 Å². The lowest BCUT2D eigenvalue weighted by atomic mass is 10.00. The van der Waals surface area contributed by atoms with Crippen molar-refractivity contribution >= 4 is 11.4 Å². The number of hydrogen-bond donors (Lipinski definition) is 3. The summed E-state index contributed by atoms with van der Waals surface area (Å²) in [5.41, 5.74) is 8.03. The Labute approximate surface area is 136 Å². The molecule has 23 heavy (non-hydrogen) atoms. The molecule has 0 radical (unpaired) electrons. The smallest absolute Gasteiger partial charge is 0.160 e. The third kappa shape index (κ3) is 4.48. The van der Waals surface area contributed by atoms with Crippen molar-refractivity contribution in [2.45, 2.75) is 20.3 Å². The molecule has 0 saturated carbocycles. The number of aromatic hydroxyl groups is 2. The fourth-order valence-electron chi connectivity index (χ4n) is 1.99. The summed E-state index contributed by atoms with van der Waals surface area (Å²) in [6, 6.07) is 5.01. The Morgan fingerprint density at radius 3 is 2.57 bits per heavy atom. The Hall–Kier alpha value is -3.00. The van der Waals surface area contributed by atoms with Crippen LogP contribution in [0.1, 0.15) is 24.5 Å². The van der Waals surface area contributed by atoms with Gasteiger partial charge in [0.15, 0.2) is 11.5 Å². The number of benzene rings is 1. The Balaban J connectivity index is 0.000000816. The van der Waals surface area contributed by atoms with Gasteiger partial charge in [0.2, 0.25) is 0 Å². The van der Waals surface area contributed by atoms with Crippen molar-refractivity contribution in [3.8, 4) is 17.6 Å². The van der Waals surface area contributed by atoms with E-state index in [4.69, 9.17) is 5.73 Å². The highest BCUT2D eigenvalue weighted by Gasteiger charge is 2.14. The molecule has 0 unspecified atom stereocenters. The minimum atomic E-state index is -0.263. The molecule has 0 bridgehead atoms. The maximum Gasteiger partial charge on any atom is 0.160 e. The van der Waals surface area contributed by atoms with Crippen LogP contribution in [0.4, 0.5) is 0 Å². The van der Waals surface area contributed by atoms with Gasteiger partial charge in [-0.05, 0) is 44.0 Å². The number of nitrogens with two attached hydrogens (primary N) is 1. The molecule has 1 aromatic carbocycles. The molecule has 0 spiro atoms. The third-order valence-electron chi connectivity index (χ3n) is 3.08. The van der Waals surface area contributed by atoms with Gasteiger partial charge in [0, 0.05) is 12.1 Å². The molecular weight excluding hydrogens is 290 g/mol. The van der Waals surface area contributed by atoms with Crippen LogP contribution in [0.5, 0.6) is 11.5 Å². The average Bonchev–Trinajstić information content (AvgIpc) is 2.54. The number of phenolic OH excluding ortho intramolecular Hbond substituents is 2. The minimum absolute atomic E-state index is 0.185. The van der Waals surface area contributed by atoms with Crippen molar-refractivity contribution in [3.05, 3.63) is 53.6 Å². The first-order valence-corrected chi connectivity index (χ1v) is 7.17. The van der Waals surface area contributed by atoms with E-state index in [1.54, 1.807) is 25.1 Å². The van der Waals surface area contributed by atoms with Crippen LogP contribution in [0.25, 0.3) is 5.70 Å². The summed E-state index contributed by atoms with van der Waals surface area (Å²) >= 11 is 0. The van der Waals surface area contributed by atoms with Crippen LogP contribution in [-0.2, 0) is 0 Å². The fraction of sp³-hybridized carbons (Fsp3) is 0.222. The van der Waals surface area contributed by atoms with Gasteiger partial charge in [-0.15, -0.1) is 6.58 Å². The van der Waals surface area contributed by atoms with Crippen molar-refractivity contribution in [2.24, 2.45) is 10.7 Å². The molecule has 0 aliphatic carbocycles. The number of nitrogens with zero attached hydrogens (tertiary/aromatic N) is 2. The Morgan fingerprint density at radius 2 is 2.09 bits per heavy atom.